The number of carbonyl (C=O) groups is 1. The molecule has 0 saturated heterocycles. The molecule has 0 unspecified atom stereocenters. The molecule has 0 amide bonds. The first-order valence-electron chi connectivity index (χ1n) is 6.82. The Kier molecular flexibility index (Phi) is 13.8. The Morgan fingerprint density at radius 3 is 2.11 bits per heavy atom. The van der Waals surface area contributed by atoms with E-state index in [1.54, 1.807) is 0 Å². The molecule has 5 N–H and O–H groups in total. The Hall–Kier alpha value is -0.690. The zero-order valence-corrected chi connectivity index (χ0v) is 11.4. The van der Waals surface area contributed by atoms with E-state index in [0.717, 1.165) is 32.7 Å². The second-order valence-corrected chi connectivity index (χ2v) is 4.20. The van der Waals surface area contributed by atoms with Gasteiger partial charge in [-0.1, -0.05) is 19.8 Å². The van der Waals surface area contributed by atoms with Crippen LogP contribution in [-0.4, -0.2) is 57.0 Å². The quantitative estimate of drug-likeness (QED) is 0.215. The average Bonchev–Trinajstić information content (AvgIpc) is 2.34. The van der Waals surface area contributed by atoms with Crippen molar-refractivity contribution in [1.29, 1.82) is 0 Å². The molecule has 0 heterocycles. The van der Waals surface area contributed by atoms with Crippen LogP contribution < -0.4 is 21.3 Å². The third-order valence-electron chi connectivity index (χ3n) is 2.44. The molecule has 0 aromatic heterocycles. The Labute approximate surface area is 110 Å². The molecule has 0 aliphatic carbocycles. The van der Waals surface area contributed by atoms with Gasteiger partial charge in [-0.05, 0) is 13.0 Å². The Bertz CT molecular complexity index is 191. The first kappa shape index (κ1) is 17.3. The molecule has 0 bridgehead atoms. The predicted molar refractivity (Wildman–Crippen MR) is 73.8 cm³/mol. The topological polar surface area (TPSA) is 85.4 Å². The van der Waals surface area contributed by atoms with Crippen molar-refractivity contribution in [2.45, 2.75) is 26.2 Å². The lowest BCUT2D eigenvalue weighted by Crippen LogP contribution is -2.37. The van der Waals surface area contributed by atoms with Gasteiger partial charge in [0.2, 0.25) is 0 Å². The Balaban J connectivity index is 2.92. The average molecular weight is 260 g/mol. The van der Waals surface area contributed by atoms with Crippen LogP contribution in [0, 0.1) is 0 Å². The van der Waals surface area contributed by atoms with E-state index >= 15 is 0 Å². The van der Waals surface area contributed by atoms with Crippen molar-refractivity contribution in [1.82, 2.24) is 21.3 Å². The summed E-state index contributed by atoms with van der Waals surface area (Å²) in [6.45, 7) is 7.54. The van der Waals surface area contributed by atoms with Gasteiger partial charge in [0, 0.05) is 32.8 Å². The van der Waals surface area contributed by atoms with Crippen LogP contribution in [0.25, 0.3) is 0 Å². The molecule has 6 nitrogen and oxygen atoms in total. The molecule has 0 aliphatic heterocycles. The van der Waals surface area contributed by atoms with Gasteiger partial charge in [0.05, 0.1) is 6.54 Å². The van der Waals surface area contributed by atoms with Crippen molar-refractivity contribution in [3.63, 3.8) is 0 Å². The summed E-state index contributed by atoms with van der Waals surface area (Å²) in [4.78, 5) is 10.2. The second-order valence-electron chi connectivity index (χ2n) is 4.20. The number of unbranched alkanes of at least 4 members (excludes halogenated alkanes) is 2. The van der Waals surface area contributed by atoms with Crippen LogP contribution in [0.5, 0.6) is 0 Å². The third kappa shape index (κ3) is 15.3. The van der Waals surface area contributed by atoms with Crippen LogP contribution in [-0.2, 0) is 4.79 Å². The van der Waals surface area contributed by atoms with Crippen molar-refractivity contribution < 1.29 is 9.90 Å². The molecule has 0 aliphatic rings. The summed E-state index contributed by atoms with van der Waals surface area (Å²) in [6, 6.07) is 0. The number of carboxylic acid groups (broad SMARTS) is 1. The summed E-state index contributed by atoms with van der Waals surface area (Å²) < 4.78 is 0. The molecular formula is C12H28N4O2. The molecule has 0 saturated carbocycles. The summed E-state index contributed by atoms with van der Waals surface area (Å²) in [5.41, 5.74) is 0. The Morgan fingerprint density at radius 2 is 1.50 bits per heavy atom. The summed E-state index contributed by atoms with van der Waals surface area (Å²) in [7, 11) is 0. The van der Waals surface area contributed by atoms with Gasteiger partial charge in [-0.25, -0.2) is 0 Å². The van der Waals surface area contributed by atoms with E-state index in [9.17, 15) is 4.79 Å². The van der Waals surface area contributed by atoms with E-state index < -0.39 is 5.97 Å². The van der Waals surface area contributed by atoms with E-state index in [4.69, 9.17) is 5.11 Å². The highest BCUT2D eigenvalue weighted by atomic mass is 16.4. The fourth-order valence-electron chi connectivity index (χ4n) is 1.45. The number of rotatable bonds is 14. The van der Waals surface area contributed by atoms with Gasteiger partial charge >= 0.3 is 5.97 Å². The molecule has 108 valence electrons. The highest BCUT2D eigenvalue weighted by Gasteiger charge is 1.93. The normalized spacial score (nSPS) is 10.7. The SMILES string of the molecule is CCCCCNCCNCCNCNCC(=O)O. The van der Waals surface area contributed by atoms with Crippen LogP contribution in [0.2, 0.25) is 0 Å². The number of hydrogen-bond donors (Lipinski definition) is 5. The van der Waals surface area contributed by atoms with E-state index in [2.05, 4.69) is 28.2 Å². The van der Waals surface area contributed by atoms with Crippen LogP contribution in [0.1, 0.15) is 26.2 Å². The van der Waals surface area contributed by atoms with E-state index in [1.807, 2.05) is 0 Å². The lowest BCUT2D eigenvalue weighted by molar-refractivity contribution is -0.135. The van der Waals surface area contributed by atoms with Crippen molar-refractivity contribution in [2.75, 3.05) is 45.9 Å². The lowest BCUT2D eigenvalue weighted by atomic mass is 10.2. The fourth-order valence-corrected chi connectivity index (χ4v) is 1.45. The molecule has 0 aromatic carbocycles. The van der Waals surface area contributed by atoms with Crippen LogP contribution in [0.3, 0.4) is 0 Å². The van der Waals surface area contributed by atoms with Gasteiger partial charge in [-0.2, -0.15) is 0 Å². The predicted octanol–water partition coefficient (Wildman–Crippen LogP) is -0.423. The number of aliphatic carboxylic acids is 1. The second kappa shape index (κ2) is 14.4. The minimum atomic E-state index is -0.830. The van der Waals surface area contributed by atoms with Crippen molar-refractivity contribution in [2.24, 2.45) is 0 Å². The molecule has 0 radical (unpaired) electrons. The highest BCUT2D eigenvalue weighted by Crippen LogP contribution is 1.90. The number of nitrogens with one attached hydrogen (secondary N) is 4. The molecule has 18 heavy (non-hydrogen) atoms. The maximum absolute atomic E-state index is 10.2. The van der Waals surface area contributed by atoms with Gasteiger partial charge in [0.25, 0.3) is 0 Å². The zero-order valence-electron chi connectivity index (χ0n) is 11.4. The van der Waals surface area contributed by atoms with E-state index in [-0.39, 0.29) is 6.54 Å². The van der Waals surface area contributed by atoms with Gasteiger partial charge < -0.3 is 21.1 Å². The monoisotopic (exact) mass is 260 g/mol. The van der Waals surface area contributed by atoms with Gasteiger partial charge in [0.15, 0.2) is 0 Å². The molecular weight excluding hydrogens is 232 g/mol. The zero-order chi connectivity index (χ0) is 13.5. The number of carboxylic acids is 1. The molecule has 0 fully saturated rings. The molecule has 0 aromatic rings. The first-order valence-corrected chi connectivity index (χ1v) is 6.82. The van der Waals surface area contributed by atoms with Crippen molar-refractivity contribution in [3.05, 3.63) is 0 Å². The minimum absolute atomic E-state index is 0.00209. The maximum atomic E-state index is 10.2. The summed E-state index contributed by atoms with van der Waals surface area (Å²) >= 11 is 0. The molecule has 0 spiro atoms. The summed E-state index contributed by atoms with van der Waals surface area (Å²) in [5.74, 6) is -0.830. The van der Waals surface area contributed by atoms with Crippen LogP contribution in [0.15, 0.2) is 0 Å². The summed E-state index contributed by atoms with van der Waals surface area (Å²) in [6.07, 6.45) is 3.82. The molecule has 6 heteroatoms. The van der Waals surface area contributed by atoms with E-state index in [1.165, 1.54) is 19.3 Å². The fraction of sp³-hybridized carbons (Fsp3) is 0.917. The standard InChI is InChI=1S/C12H28N4O2/c1-2-3-4-5-13-6-7-14-8-9-15-11-16-10-12(17)18/h13-16H,2-11H2,1H3,(H,17,18). The summed E-state index contributed by atoms with van der Waals surface area (Å²) in [5, 5.41) is 20.9. The van der Waals surface area contributed by atoms with Gasteiger partial charge in [-0.3, -0.25) is 10.1 Å². The lowest BCUT2D eigenvalue weighted by Gasteiger charge is -2.07. The van der Waals surface area contributed by atoms with Gasteiger partial charge in [-0.15, -0.1) is 0 Å². The van der Waals surface area contributed by atoms with Crippen LogP contribution >= 0.6 is 0 Å². The van der Waals surface area contributed by atoms with E-state index in [0.29, 0.717) is 6.67 Å². The first-order chi connectivity index (χ1) is 8.77. The van der Waals surface area contributed by atoms with Crippen LogP contribution in [0.4, 0.5) is 0 Å². The number of hydrogen-bond acceptors (Lipinski definition) is 5. The van der Waals surface area contributed by atoms with Crippen molar-refractivity contribution >= 4 is 5.97 Å². The van der Waals surface area contributed by atoms with Crippen molar-refractivity contribution in [3.8, 4) is 0 Å². The maximum Gasteiger partial charge on any atom is 0.317 e. The smallest absolute Gasteiger partial charge is 0.317 e. The minimum Gasteiger partial charge on any atom is -0.480 e. The Morgan fingerprint density at radius 1 is 0.889 bits per heavy atom. The highest BCUT2D eigenvalue weighted by molar-refractivity contribution is 5.68. The third-order valence-corrected chi connectivity index (χ3v) is 2.44. The molecule has 0 rings (SSSR count). The molecule has 0 atom stereocenters. The largest absolute Gasteiger partial charge is 0.480 e. The van der Waals surface area contributed by atoms with Gasteiger partial charge in [0.1, 0.15) is 0 Å².